The Kier molecular flexibility index (Phi) is 4.38. The Balaban J connectivity index is 2.22. The molecule has 1 saturated heterocycles. The van der Waals surface area contributed by atoms with Gasteiger partial charge in [0.1, 0.15) is 0 Å². The van der Waals surface area contributed by atoms with E-state index in [2.05, 4.69) is 18.7 Å². The van der Waals surface area contributed by atoms with Crippen LogP contribution in [-0.2, 0) is 6.42 Å². The van der Waals surface area contributed by atoms with Gasteiger partial charge < -0.3 is 4.90 Å². The maximum Gasteiger partial charge on any atom is 0.186 e. The highest BCUT2D eigenvalue weighted by molar-refractivity contribution is 7.17. The summed E-state index contributed by atoms with van der Waals surface area (Å²) in [6.45, 7) is 8.23. The van der Waals surface area contributed by atoms with Crippen LogP contribution in [0, 0.1) is 5.92 Å². The monoisotopic (exact) mass is 266 g/mol. The molecule has 1 aliphatic heterocycles. The van der Waals surface area contributed by atoms with E-state index in [0.717, 1.165) is 47.6 Å². The molecular formula is C14H22N2OS. The fraction of sp³-hybridized carbons (Fsp3) is 0.714. The van der Waals surface area contributed by atoms with Gasteiger partial charge in [0.15, 0.2) is 10.9 Å². The molecule has 1 aromatic heterocycles. The van der Waals surface area contributed by atoms with Crippen LogP contribution in [0.1, 0.15) is 55.4 Å². The van der Waals surface area contributed by atoms with Crippen molar-refractivity contribution in [1.82, 2.24) is 4.98 Å². The van der Waals surface area contributed by atoms with Crippen molar-refractivity contribution in [3.8, 4) is 0 Å². The summed E-state index contributed by atoms with van der Waals surface area (Å²) in [5.41, 5.74) is 1.00. The molecule has 0 spiro atoms. The average Bonchev–Trinajstić information content (AvgIpc) is 2.74. The van der Waals surface area contributed by atoms with Gasteiger partial charge in [0, 0.05) is 20.0 Å². The van der Waals surface area contributed by atoms with E-state index in [4.69, 9.17) is 4.98 Å². The zero-order chi connectivity index (χ0) is 13.1. The van der Waals surface area contributed by atoms with Crippen molar-refractivity contribution in [1.29, 1.82) is 0 Å². The molecule has 0 N–H and O–H groups in total. The molecule has 2 rings (SSSR count). The minimum absolute atomic E-state index is 0.159. The van der Waals surface area contributed by atoms with Crippen molar-refractivity contribution >= 4 is 22.3 Å². The van der Waals surface area contributed by atoms with Crippen LogP contribution in [0.3, 0.4) is 0 Å². The van der Waals surface area contributed by atoms with Gasteiger partial charge in [-0.1, -0.05) is 31.6 Å². The molecule has 2 heterocycles. The molecule has 0 saturated carbocycles. The number of anilines is 1. The lowest BCUT2D eigenvalue weighted by Crippen LogP contribution is -2.34. The number of Topliss-reactive ketones (excluding diaryl/α,β-unsaturated/α-hetero) is 1. The van der Waals surface area contributed by atoms with Crippen molar-refractivity contribution in [3.05, 3.63) is 10.6 Å². The second kappa shape index (κ2) is 5.83. The van der Waals surface area contributed by atoms with Crippen LogP contribution < -0.4 is 4.90 Å². The summed E-state index contributed by atoms with van der Waals surface area (Å²) in [6.07, 6.45) is 4.50. The fourth-order valence-electron chi connectivity index (χ4n) is 2.52. The first-order valence-electron chi connectivity index (χ1n) is 6.87. The number of aromatic nitrogens is 1. The van der Waals surface area contributed by atoms with E-state index in [1.54, 1.807) is 18.3 Å². The molecule has 3 nitrogen and oxygen atoms in total. The number of rotatable bonds is 4. The minimum Gasteiger partial charge on any atom is -0.348 e. The third kappa shape index (κ3) is 2.91. The maximum absolute atomic E-state index is 11.7. The summed E-state index contributed by atoms with van der Waals surface area (Å²) in [6, 6.07) is 0. The minimum atomic E-state index is 0.159. The quantitative estimate of drug-likeness (QED) is 0.782. The third-order valence-corrected chi connectivity index (χ3v) is 4.68. The molecule has 1 unspecified atom stereocenters. The Morgan fingerprint density at radius 1 is 1.56 bits per heavy atom. The lowest BCUT2D eigenvalue weighted by Gasteiger charge is -2.30. The van der Waals surface area contributed by atoms with Crippen molar-refractivity contribution in [2.75, 3.05) is 18.0 Å². The first-order chi connectivity index (χ1) is 8.61. The van der Waals surface area contributed by atoms with Gasteiger partial charge in [-0.15, -0.1) is 0 Å². The van der Waals surface area contributed by atoms with Crippen molar-refractivity contribution < 1.29 is 4.79 Å². The Morgan fingerprint density at radius 2 is 2.33 bits per heavy atom. The summed E-state index contributed by atoms with van der Waals surface area (Å²) >= 11 is 1.58. The number of piperidine rings is 1. The Morgan fingerprint density at radius 3 is 2.94 bits per heavy atom. The summed E-state index contributed by atoms with van der Waals surface area (Å²) in [7, 11) is 0. The topological polar surface area (TPSA) is 33.2 Å². The van der Waals surface area contributed by atoms with Gasteiger partial charge >= 0.3 is 0 Å². The van der Waals surface area contributed by atoms with E-state index in [9.17, 15) is 4.79 Å². The molecule has 0 bridgehead atoms. The highest BCUT2D eigenvalue weighted by Crippen LogP contribution is 2.30. The molecular weight excluding hydrogens is 244 g/mol. The molecule has 0 aromatic carbocycles. The van der Waals surface area contributed by atoms with E-state index in [0.29, 0.717) is 0 Å². The summed E-state index contributed by atoms with van der Waals surface area (Å²) in [5.74, 6) is 0.894. The molecule has 1 atom stereocenters. The van der Waals surface area contributed by atoms with Gasteiger partial charge in [-0.25, -0.2) is 4.98 Å². The van der Waals surface area contributed by atoms with Gasteiger partial charge in [0.2, 0.25) is 0 Å². The first kappa shape index (κ1) is 13.5. The van der Waals surface area contributed by atoms with Crippen LogP contribution in [0.5, 0.6) is 0 Å². The SMILES string of the molecule is CCCc1nc(N2CCCC(C)C2)sc1C(C)=O. The number of hydrogen-bond donors (Lipinski definition) is 0. The molecule has 18 heavy (non-hydrogen) atoms. The smallest absolute Gasteiger partial charge is 0.186 e. The predicted octanol–water partition coefficient (Wildman–Crippen LogP) is 3.53. The lowest BCUT2D eigenvalue weighted by molar-refractivity contribution is 0.102. The van der Waals surface area contributed by atoms with E-state index in [1.165, 1.54) is 12.8 Å². The van der Waals surface area contributed by atoms with Gasteiger partial charge in [-0.3, -0.25) is 4.79 Å². The van der Waals surface area contributed by atoms with E-state index < -0.39 is 0 Å². The van der Waals surface area contributed by atoms with Crippen LogP contribution in [0.4, 0.5) is 5.13 Å². The highest BCUT2D eigenvalue weighted by atomic mass is 32.1. The molecule has 100 valence electrons. The van der Waals surface area contributed by atoms with Crippen LogP contribution in [-0.4, -0.2) is 23.9 Å². The number of carbonyl (C=O) groups excluding carboxylic acids is 1. The zero-order valence-electron chi connectivity index (χ0n) is 11.5. The number of hydrogen-bond acceptors (Lipinski definition) is 4. The Labute approximate surface area is 113 Å². The largest absolute Gasteiger partial charge is 0.348 e. The second-order valence-electron chi connectivity index (χ2n) is 5.27. The summed E-state index contributed by atoms with van der Waals surface area (Å²) < 4.78 is 0. The standard InChI is InChI=1S/C14H22N2OS/c1-4-6-12-13(11(3)17)18-14(15-12)16-8-5-7-10(2)9-16/h10H,4-9H2,1-3H3. The Hall–Kier alpha value is -0.900. The van der Waals surface area contributed by atoms with Crippen LogP contribution in [0.25, 0.3) is 0 Å². The second-order valence-corrected chi connectivity index (χ2v) is 6.25. The van der Waals surface area contributed by atoms with E-state index in [1.807, 2.05) is 0 Å². The van der Waals surface area contributed by atoms with Crippen molar-refractivity contribution in [2.24, 2.45) is 5.92 Å². The highest BCUT2D eigenvalue weighted by Gasteiger charge is 2.22. The molecule has 0 amide bonds. The number of aryl methyl sites for hydroxylation is 1. The first-order valence-corrected chi connectivity index (χ1v) is 7.69. The van der Waals surface area contributed by atoms with Crippen molar-refractivity contribution in [2.45, 2.75) is 46.5 Å². The van der Waals surface area contributed by atoms with Gasteiger partial charge in [0.05, 0.1) is 10.6 Å². The zero-order valence-corrected chi connectivity index (χ0v) is 12.3. The molecule has 0 aliphatic carbocycles. The molecule has 0 radical (unpaired) electrons. The molecule has 1 aromatic rings. The van der Waals surface area contributed by atoms with Crippen LogP contribution in [0.15, 0.2) is 0 Å². The van der Waals surface area contributed by atoms with E-state index in [-0.39, 0.29) is 5.78 Å². The number of ketones is 1. The van der Waals surface area contributed by atoms with Gasteiger partial charge in [-0.05, 0) is 25.2 Å². The van der Waals surface area contributed by atoms with Crippen molar-refractivity contribution in [3.63, 3.8) is 0 Å². The van der Waals surface area contributed by atoms with Crippen LogP contribution >= 0.6 is 11.3 Å². The van der Waals surface area contributed by atoms with Gasteiger partial charge in [-0.2, -0.15) is 0 Å². The fourth-order valence-corrected chi connectivity index (χ4v) is 3.56. The third-order valence-electron chi connectivity index (χ3n) is 3.42. The number of carbonyl (C=O) groups is 1. The Bertz CT molecular complexity index is 427. The molecule has 1 aliphatic rings. The number of thiazole rings is 1. The van der Waals surface area contributed by atoms with Crippen LogP contribution in [0.2, 0.25) is 0 Å². The molecule has 4 heteroatoms. The maximum atomic E-state index is 11.7. The molecule has 1 fully saturated rings. The predicted molar refractivity (Wildman–Crippen MR) is 76.7 cm³/mol. The average molecular weight is 266 g/mol. The summed E-state index contributed by atoms with van der Waals surface area (Å²) in [5, 5.41) is 1.05. The lowest BCUT2D eigenvalue weighted by atomic mass is 10.0. The normalized spacial score (nSPS) is 20.2. The van der Waals surface area contributed by atoms with Gasteiger partial charge in [0.25, 0.3) is 0 Å². The summed E-state index contributed by atoms with van der Waals surface area (Å²) in [4.78, 5) is 19.6. The van der Waals surface area contributed by atoms with E-state index >= 15 is 0 Å². The number of nitrogens with zero attached hydrogens (tertiary/aromatic N) is 2.